The predicted octanol–water partition coefficient (Wildman–Crippen LogP) is 3.96. The van der Waals surface area contributed by atoms with Gasteiger partial charge in [0.05, 0.1) is 0 Å². The van der Waals surface area contributed by atoms with Crippen LogP contribution in [0, 0.1) is 5.92 Å². The van der Waals surface area contributed by atoms with Gasteiger partial charge in [0.2, 0.25) is 0 Å². The van der Waals surface area contributed by atoms with Crippen molar-refractivity contribution in [3.8, 4) is 0 Å². The minimum atomic E-state index is 0.442. The van der Waals surface area contributed by atoms with Gasteiger partial charge in [-0.15, -0.1) is 0 Å². The fourth-order valence-electron chi connectivity index (χ4n) is 4.57. The van der Waals surface area contributed by atoms with Crippen LogP contribution in [0.4, 0.5) is 5.69 Å². The molecular weight excluding hydrogens is 358 g/mol. The number of hydrogen-bond acceptors (Lipinski definition) is 4. The highest BCUT2D eigenvalue weighted by Gasteiger charge is 2.22. The van der Waals surface area contributed by atoms with Crippen molar-refractivity contribution >= 4 is 5.69 Å². The van der Waals surface area contributed by atoms with Crippen LogP contribution in [0.2, 0.25) is 0 Å². The highest BCUT2D eigenvalue weighted by molar-refractivity contribution is 5.46. The van der Waals surface area contributed by atoms with Gasteiger partial charge in [0.25, 0.3) is 0 Å². The molecular formula is C25H35N3O. The molecule has 2 aliphatic heterocycles. The standard InChI is InChI=1S/C25H35N3O/c1-3-8-23(9-4-1)25(20-22-12-19-29-21-22)26-13-7-14-27-15-17-28(18-16-27)24-10-5-2-6-11-24/h1-6,8-11,22,25-26H,7,12-21H2/t22-,25+/m0/s1. The van der Waals surface area contributed by atoms with E-state index in [9.17, 15) is 0 Å². The summed E-state index contributed by atoms with van der Waals surface area (Å²) in [7, 11) is 0. The number of piperazine rings is 1. The Morgan fingerprint density at radius 3 is 2.34 bits per heavy atom. The van der Waals surface area contributed by atoms with E-state index in [4.69, 9.17) is 4.74 Å². The molecule has 4 heteroatoms. The highest BCUT2D eigenvalue weighted by Crippen LogP contribution is 2.26. The molecule has 2 aromatic rings. The van der Waals surface area contributed by atoms with Crippen molar-refractivity contribution in [3.05, 3.63) is 66.2 Å². The average molecular weight is 394 g/mol. The van der Waals surface area contributed by atoms with Crippen molar-refractivity contribution in [1.82, 2.24) is 10.2 Å². The van der Waals surface area contributed by atoms with Crippen molar-refractivity contribution in [3.63, 3.8) is 0 Å². The Hall–Kier alpha value is -1.88. The summed E-state index contributed by atoms with van der Waals surface area (Å²) in [6, 6.07) is 22.2. The number of nitrogens with one attached hydrogen (secondary N) is 1. The lowest BCUT2D eigenvalue weighted by molar-refractivity contribution is 0.181. The van der Waals surface area contributed by atoms with E-state index in [0.29, 0.717) is 12.0 Å². The van der Waals surface area contributed by atoms with Gasteiger partial charge in [0, 0.05) is 51.1 Å². The lowest BCUT2D eigenvalue weighted by Gasteiger charge is -2.36. The van der Waals surface area contributed by atoms with Gasteiger partial charge in [-0.3, -0.25) is 4.90 Å². The maximum absolute atomic E-state index is 5.60. The van der Waals surface area contributed by atoms with Gasteiger partial charge in [-0.25, -0.2) is 0 Å². The molecule has 0 bridgehead atoms. The normalized spacial score (nSPS) is 21.4. The first-order valence-electron chi connectivity index (χ1n) is 11.3. The van der Waals surface area contributed by atoms with Gasteiger partial charge in [0.1, 0.15) is 0 Å². The number of hydrogen-bond donors (Lipinski definition) is 1. The number of para-hydroxylation sites is 1. The van der Waals surface area contributed by atoms with E-state index in [1.165, 1.54) is 37.1 Å². The molecule has 0 amide bonds. The first-order chi connectivity index (χ1) is 14.4. The molecule has 1 N–H and O–H groups in total. The number of rotatable bonds is 9. The van der Waals surface area contributed by atoms with E-state index in [2.05, 4.69) is 75.8 Å². The Balaban J connectivity index is 1.19. The van der Waals surface area contributed by atoms with Crippen LogP contribution >= 0.6 is 0 Å². The summed E-state index contributed by atoms with van der Waals surface area (Å²) in [5.41, 5.74) is 2.77. The third-order valence-electron chi connectivity index (χ3n) is 6.33. The zero-order chi connectivity index (χ0) is 19.7. The smallest absolute Gasteiger partial charge is 0.0495 e. The maximum atomic E-state index is 5.60. The molecule has 0 aromatic heterocycles. The van der Waals surface area contributed by atoms with E-state index in [0.717, 1.165) is 45.9 Å². The molecule has 2 aromatic carbocycles. The first kappa shape index (κ1) is 20.4. The van der Waals surface area contributed by atoms with Crippen LogP contribution in [0.5, 0.6) is 0 Å². The van der Waals surface area contributed by atoms with Crippen molar-refractivity contribution in [2.45, 2.75) is 25.3 Å². The van der Waals surface area contributed by atoms with Gasteiger partial charge in [0.15, 0.2) is 0 Å². The molecule has 0 unspecified atom stereocenters. The van der Waals surface area contributed by atoms with E-state index in [1.807, 2.05) is 0 Å². The van der Waals surface area contributed by atoms with Gasteiger partial charge >= 0.3 is 0 Å². The summed E-state index contributed by atoms with van der Waals surface area (Å²) in [6.07, 6.45) is 3.59. The van der Waals surface area contributed by atoms with Crippen LogP contribution in [0.3, 0.4) is 0 Å². The zero-order valence-electron chi connectivity index (χ0n) is 17.5. The fourth-order valence-corrected chi connectivity index (χ4v) is 4.57. The largest absolute Gasteiger partial charge is 0.381 e. The number of anilines is 1. The summed E-state index contributed by atoms with van der Waals surface area (Å²) in [4.78, 5) is 5.12. The van der Waals surface area contributed by atoms with E-state index in [-0.39, 0.29) is 0 Å². The highest BCUT2D eigenvalue weighted by atomic mass is 16.5. The molecule has 0 saturated carbocycles. The molecule has 4 nitrogen and oxygen atoms in total. The van der Waals surface area contributed by atoms with E-state index < -0.39 is 0 Å². The Kier molecular flexibility index (Phi) is 7.57. The summed E-state index contributed by atoms with van der Waals surface area (Å²) in [5, 5.41) is 3.84. The van der Waals surface area contributed by atoms with Crippen molar-refractivity contribution in [2.24, 2.45) is 5.92 Å². The quantitative estimate of drug-likeness (QED) is 0.653. The van der Waals surface area contributed by atoms with E-state index >= 15 is 0 Å². The van der Waals surface area contributed by atoms with Crippen LogP contribution in [0.15, 0.2) is 60.7 Å². The molecule has 156 valence electrons. The third kappa shape index (κ3) is 6.05. The lowest BCUT2D eigenvalue weighted by atomic mass is 9.94. The molecule has 2 saturated heterocycles. The second-order valence-electron chi connectivity index (χ2n) is 8.40. The second kappa shape index (κ2) is 10.8. The maximum Gasteiger partial charge on any atom is 0.0495 e. The molecule has 0 aliphatic carbocycles. The molecule has 29 heavy (non-hydrogen) atoms. The Morgan fingerprint density at radius 2 is 1.66 bits per heavy atom. The summed E-state index contributed by atoms with van der Waals surface area (Å²) in [6.45, 7) is 8.71. The summed E-state index contributed by atoms with van der Waals surface area (Å²) in [5.74, 6) is 0.693. The molecule has 2 atom stereocenters. The van der Waals surface area contributed by atoms with Crippen molar-refractivity contribution < 1.29 is 4.74 Å². The monoisotopic (exact) mass is 393 g/mol. The minimum absolute atomic E-state index is 0.442. The van der Waals surface area contributed by atoms with Crippen molar-refractivity contribution in [2.75, 3.05) is 57.4 Å². The summed E-state index contributed by atoms with van der Waals surface area (Å²) < 4.78 is 5.60. The fraction of sp³-hybridized carbons (Fsp3) is 0.520. The van der Waals surface area contributed by atoms with Gasteiger partial charge in [-0.2, -0.15) is 0 Å². The number of ether oxygens (including phenoxy) is 1. The zero-order valence-corrected chi connectivity index (χ0v) is 17.5. The van der Waals surface area contributed by atoms with Gasteiger partial charge < -0.3 is 15.0 Å². The molecule has 2 fully saturated rings. The van der Waals surface area contributed by atoms with Crippen molar-refractivity contribution in [1.29, 1.82) is 0 Å². The Morgan fingerprint density at radius 1 is 0.931 bits per heavy atom. The van der Waals surface area contributed by atoms with Gasteiger partial charge in [-0.1, -0.05) is 48.5 Å². The third-order valence-corrected chi connectivity index (χ3v) is 6.33. The SMILES string of the molecule is c1ccc([C@@H](C[C@@H]2CCOC2)NCCCN2CCN(c3ccccc3)CC2)cc1. The minimum Gasteiger partial charge on any atom is -0.381 e. The Bertz CT molecular complexity index is 695. The van der Waals surface area contributed by atoms with Gasteiger partial charge in [-0.05, 0) is 56.0 Å². The average Bonchev–Trinajstić information content (AvgIpc) is 3.31. The van der Waals surface area contributed by atoms with Crippen LogP contribution < -0.4 is 10.2 Å². The molecule has 4 rings (SSSR count). The Labute approximate surface area is 175 Å². The molecule has 0 spiro atoms. The second-order valence-corrected chi connectivity index (χ2v) is 8.40. The van der Waals surface area contributed by atoms with E-state index in [1.54, 1.807) is 0 Å². The number of nitrogens with zero attached hydrogens (tertiary/aromatic N) is 2. The van der Waals surface area contributed by atoms with Crippen LogP contribution in [0.25, 0.3) is 0 Å². The topological polar surface area (TPSA) is 27.7 Å². The molecule has 0 radical (unpaired) electrons. The van der Waals surface area contributed by atoms with Crippen LogP contribution in [0.1, 0.15) is 30.9 Å². The summed E-state index contributed by atoms with van der Waals surface area (Å²) >= 11 is 0. The molecule has 2 heterocycles. The number of benzene rings is 2. The predicted molar refractivity (Wildman–Crippen MR) is 120 cm³/mol. The lowest BCUT2D eigenvalue weighted by Crippen LogP contribution is -2.47. The molecule has 2 aliphatic rings. The van der Waals surface area contributed by atoms with Crippen LogP contribution in [-0.2, 0) is 4.74 Å². The van der Waals surface area contributed by atoms with Crippen LogP contribution in [-0.4, -0.2) is 57.4 Å². The first-order valence-corrected chi connectivity index (χ1v) is 11.3.